The van der Waals surface area contributed by atoms with Crippen LogP contribution in [0.5, 0.6) is 5.75 Å². The third-order valence-corrected chi connectivity index (χ3v) is 4.37. The highest BCUT2D eigenvalue weighted by Crippen LogP contribution is 2.34. The zero-order chi connectivity index (χ0) is 17.1. The first-order valence-electron chi connectivity index (χ1n) is 7.26. The minimum absolute atomic E-state index is 0.281. The Labute approximate surface area is 153 Å². The van der Waals surface area contributed by atoms with E-state index in [1.807, 2.05) is 47.4 Å². The Bertz CT molecular complexity index is 784. The van der Waals surface area contributed by atoms with Gasteiger partial charge in [0, 0.05) is 10.2 Å². The van der Waals surface area contributed by atoms with Crippen LogP contribution < -0.4 is 15.0 Å². The second-order valence-electron chi connectivity index (χ2n) is 5.15. The largest absolute Gasteiger partial charge is 0.475 e. The zero-order valence-electron chi connectivity index (χ0n) is 12.9. The van der Waals surface area contributed by atoms with Crippen LogP contribution in [0, 0.1) is 0 Å². The van der Waals surface area contributed by atoms with E-state index in [0.717, 1.165) is 15.8 Å². The molecule has 7 heteroatoms. The molecular formula is C17H15BrN2O3S. The normalized spacial score (nSPS) is 15.9. The number of nitrogens with zero attached hydrogens (tertiary/aromatic N) is 1. The van der Waals surface area contributed by atoms with Crippen molar-refractivity contribution in [3.63, 3.8) is 0 Å². The van der Waals surface area contributed by atoms with Gasteiger partial charge in [0.25, 0.3) is 0 Å². The molecule has 0 bridgehead atoms. The summed E-state index contributed by atoms with van der Waals surface area (Å²) in [6.45, 7) is 0.281. The Morgan fingerprint density at radius 1 is 1.33 bits per heavy atom. The van der Waals surface area contributed by atoms with Crippen LogP contribution in [0.3, 0.4) is 0 Å². The lowest BCUT2D eigenvalue weighted by molar-refractivity contribution is -0.148. The van der Waals surface area contributed by atoms with Crippen molar-refractivity contribution in [1.29, 1.82) is 0 Å². The van der Waals surface area contributed by atoms with Crippen LogP contribution in [-0.4, -0.2) is 30.8 Å². The van der Waals surface area contributed by atoms with Gasteiger partial charge in [-0.15, -0.1) is 0 Å². The molecule has 2 aromatic carbocycles. The summed E-state index contributed by atoms with van der Waals surface area (Å²) < 4.78 is 11.5. The van der Waals surface area contributed by atoms with Gasteiger partial charge in [-0.05, 0) is 42.5 Å². The van der Waals surface area contributed by atoms with E-state index < -0.39 is 12.1 Å². The molecule has 124 valence electrons. The minimum atomic E-state index is -0.729. The standard InChI is InChI=1S/C17H15BrN2O3S/c1-22-16(21)15-10-20(13-7-2-3-8-14(13)23-15)17(24)19-12-6-4-5-11(18)9-12/h2-9,15H,10H2,1H3,(H,19,24)/t15-/m0/s1. The summed E-state index contributed by atoms with van der Waals surface area (Å²) in [5, 5.41) is 3.67. The van der Waals surface area contributed by atoms with Gasteiger partial charge in [0.15, 0.2) is 5.11 Å². The third-order valence-electron chi connectivity index (χ3n) is 3.56. The SMILES string of the molecule is COC(=O)[C@@H]1CN(C(=S)Nc2cccc(Br)c2)c2ccccc2O1. The topological polar surface area (TPSA) is 50.8 Å². The van der Waals surface area contributed by atoms with Gasteiger partial charge in [-0.25, -0.2) is 4.79 Å². The monoisotopic (exact) mass is 406 g/mol. The molecular weight excluding hydrogens is 392 g/mol. The fourth-order valence-corrected chi connectivity index (χ4v) is 3.13. The van der Waals surface area contributed by atoms with Crippen LogP contribution >= 0.6 is 28.1 Å². The molecule has 0 unspecified atom stereocenters. The average Bonchev–Trinajstić information content (AvgIpc) is 2.60. The maximum Gasteiger partial charge on any atom is 0.348 e. The number of ether oxygens (including phenoxy) is 2. The Balaban J connectivity index is 1.87. The van der Waals surface area contributed by atoms with Crippen LogP contribution in [-0.2, 0) is 9.53 Å². The number of methoxy groups -OCH3 is 1. The fraction of sp³-hybridized carbons (Fsp3) is 0.176. The van der Waals surface area contributed by atoms with Gasteiger partial charge in [0.1, 0.15) is 5.75 Å². The van der Waals surface area contributed by atoms with Crippen molar-refractivity contribution >= 4 is 50.6 Å². The molecule has 24 heavy (non-hydrogen) atoms. The Hall–Kier alpha value is -2.12. The van der Waals surface area contributed by atoms with Crippen LogP contribution in [0.4, 0.5) is 11.4 Å². The molecule has 3 rings (SSSR count). The number of nitrogens with one attached hydrogen (secondary N) is 1. The number of esters is 1. The van der Waals surface area contributed by atoms with E-state index >= 15 is 0 Å². The Morgan fingerprint density at radius 2 is 2.12 bits per heavy atom. The van der Waals surface area contributed by atoms with E-state index in [2.05, 4.69) is 21.2 Å². The molecule has 0 radical (unpaired) electrons. The van der Waals surface area contributed by atoms with Gasteiger partial charge in [-0.1, -0.05) is 34.1 Å². The maximum atomic E-state index is 11.9. The van der Waals surface area contributed by atoms with Crippen LogP contribution in [0.15, 0.2) is 53.0 Å². The van der Waals surface area contributed by atoms with E-state index in [1.54, 1.807) is 6.07 Å². The molecule has 5 nitrogen and oxygen atoms in total. The van der Waals surface area contributed by atoms with Gasteiger partial charge in [0.2, 0.25) is 6.10 Å². The smallest absolute Gasteiger partial charge is 0.348 e. The summed E-state index contributed by atoms with van der Waals surface area (Å²) in [7, 11) is 1.34. The van der Waals surface area contributed by atoms with Crippen LogP contribution in [0.1, 0.15) is 0 Å². The molecule has 1 heterocycles. The number of halogens is 1. The van der Waals surface area contributed by atoms with E-state index in [4.69, 9.17) is 21.7 Å². The van der Waals surface area contributed by atoms with E-state index in [1.165, 1.54) is 7.11 Å². The van der Waals surface area contributed by atoms with E-state index in [9.17, 15) is 4.79 Å². The molecule has 0 aromatic heterocycles. The molecule has 0 amide bonds. The maximum absolute atomic E-state index is 11.9. The van der Waals surface area contributed by atoms with Gasteiger partial charge in [-0.2, -0.15) is 0 Å². The molecule has 0 saturated heterocycles. The van der Waals surface area contributed by atoms with Gasteiger partial charge in [0.05, 0.1) is 19.3 Å². The van der Waals surface area contributed by atoms with Crippen molar-refractivity contribution in [3.8, 4) is 5.75 Å². The predicted molar refractivity (Wildman–Crippen MR) is 101 cm³/mol. The minimum Gasteiger partial charge on any atom is -0.475 e. The second kappa shape index (κ2) is 7.19. The summed E-state index contributed by atoms with van der Waals surface area (Å²) in [5.41, 5.74) is 1.66. The van der Waals surface area contributed by atoms with Gasteiger partial charge < -0.3 is 19.7 Å². The van der Waals surface area contributed by atoms with Crippen LogP contribution in [0.25, 0.3) is 0 Å². The number of carbonyl (C=O) groups excluding carboxylic acids is 1. The lowest BCUT2D eigenvalue weighted by Gasteiger charge is -2.35. The number of hydrogen-bond acceptors (Lipinski definition) is 4. The number of thiocarbonyl (C=S) groups is 1. The molecule has 1 aliphatic rings. The second-order valence-corrected chi connectivity index (χ2v) is 6.45. The highest BCUT2D eigenvalue weighted by atomic mass is 79.9. The average molecular weight is 407 g/mol. The summed E-state index contributed by atoms with van der Waals surface area (Å²) >= 11 is 8.98. The molecule has 2 aromatic rings. The molecule has 1 N–H and O–H groups in total. The van der Waals surface area contributed by atoms with E-state index in [0.29, 0.717) is 10.9 Å². The Kier molecular flexibility index (Phi) is 5.01. The number of para-hydroxylation sites is 2. The number of anilines is 2. The fourth-order valence-electron chi connectivity index (χ4n) is 2.44. The molecule has 0 saturated carbocycles. The Morgan fingerprint density at radius 3 is 2.88 bits per heavy atom. The summed E-state index contributed by atoms with van der Waals surface area (Å²) in [6.07, 6.45) is -0.729. The molecule has 0 spiro atoms. The quantitative estimate of drug-likeness (QED) is 0.607. The predicted octanol–water partition coefficient (Wildman–Crippen LogP) is 3.59. The molecule has 0 aliphatic carbocycles. The van der Waals surface area contributed by atoms with Crippen molar-refractivity contribution in [2.24, 2.45) is 0 Å². The number of hydrogen-bond donors (Lipinski definition) is 1. The molecule has 0 fully saturated rings. The van der Waals surface area contributed by atoms with Crippen molar-refractivity contribution < 1.29 is 14.3 Å². The lowest BCUT2D eigenvalue weighted by atomic mass is 10.2. The summed E-state index contributed by atoms with van der Waals surface area (Å²) in [4.78, 5) is 13.7. The first-order chi connectivity index (χ1) is 11.6. The highest BCUT2D eigenvalue weighted by molar-refractivity contribution is 9.10. The van der Waals surface area contributed by atoms with Crippen molar-refractivity contribution in [2.75, 3.05) is 23.9 Å². The van der Waals surface area contributed by atoms with Gasteiger partial charge >= 0.3 is 5.97 Å². The van der Waals surface area contributed by atoms with Gasteiger partial charge in [-0.3, -0.25) is 0 Å². The highest BCUT2D eigenvalue weighted by Gasteiger charge is 2.33. The number of benzene rings is 2. The number of fused-ring (bicyclic) bond motifs is 1. The summed E-state index contributed by atoms with van der Waals surface area (Å²) in [5.74, 6) is 0.164. The lowest BCUT2D eigenvalue weighted by Crippen LogP contribution is -2.48. The van der Waals surface area contributed by atoms with Crippen molar-refractivity contribution in [1.82, 2.24) is 0 Å². The third kappa shape index (κ3) is 3.52. The van der Waals surface area contributed by atoms with Crippen molar-refractivity contribution in [3.05, 3.63) is 53.0 Å². The molecule has 1 atom stereocenters. The van der Waals surface area contributed by atoms with E-state index in [-0.39, 0.29) is 6.54 Å². The van der Waals surface area contributed by atoms with Crippen LogP contribution in [0.2, 0.25) is 0 Å². The number of rotatable bonds is 2. The zero-order valence-corrected chi connectivity index (χ0v) is 15.3. The van der Waals surface area contributed by atoms with Crippen molar-refractivity contribution in [2.45, 2.75) is 6.10 Å². The number of carbonyl (C=O) groups is 1. The first-order valence-corrected chi connectivity index (χ1v) is 8.46. The summed E-state index contributed by atoms with van der Waals surface area (Å²) in [6, 6.07) is 15.1. The molecule has 1 aliphatic heterocycles. The first kappa shape index (κ1) is 16.7.